The number of amides is 1. The highest BCUT2D eigenvalue weighted by molar-refractivity contribution is 5.99. The lowest BCUT2D eigenvalue weighted by molar-refractivity contribution is 0.100. The summed E-state index contributed by atoms with van der Waals surface area (Å²) < 4.78 is 0. The number of anilines is 2. The number of carbonyl (C=O) groups is 1. The first kappa shape index (κ1) is 15.3. The molecule has 1 atom stereocenters. The number of rotatable bonds is 7. The molecule has 0 aliphatic carbocycles. The fourth-order valence-corrected chi connectivity index (χ4v) is 2.12. The maximum Gasteiger partial charge on any atom is 0.250 e. The number of hydrogen-bond donors (Lipinski definition) is 2. The first-order valence-electron chi connectivity index (χ1n) is 6.97. The van der Waals surface area contributed by atoms with Gasteiger partial charge in [0.15, 0.2) is 0 Å². The van der Waals surface area contributed by atoms with E-state index in [0.717, 1.165) is 31.5 Å². The molecule has 1 aromatic carbocycles. The number of nitrogens with zero attached hydrogens (tertiary/aromatic N) is 1. The minimum Gasteiger partial charge on any atom is -0.399 e. The van der Waals surface area contributed by atoms with Gasteiger partial charge in [0.25, 0.3) is 5.91 Å². The molecule has 0 radical (unpaired) electrons. The molecule has 0 saturated carbocycles. The van der Waals surface area contributed by atoms with Crippen LogP contribution < -0.4 is 16.4 Å². The van der Waals surface area contributed by atoms with E-state index in [2.05, 4.69) is 25.7 Å². The Bertz CT molecular complexity index is 431. The summed E-state index contributed by atoms with van der Waals surface area (Å²) in [7, 11) is 0. The van der Waals surface area contributed by atoms with Gasteiger partial charge in [-0.3, -0.25) is 4.79 Å². The minimum atomic E-state index is -0.403. The van der Waals surface area contributed by atoms with Crippen LogP contribution in [0.4, 0.5) is 11.4 Å². The summed E-state index contributed by atoms with van der Waals surface area (Å²) in [6.07, 6.45) is 3.20. The average Bonchev–Trinajstić information content (AvgIpc) is 2.38. The van der Waals surface area contributed by atoms with Gasteiger partial charge in [-0.25, -0.2) is 0 Å². The largest absolute Gasteiger partial charge is 0.399 e. The van der Waals surface area contributed by atoms with Crippen molar-refractivity contribution in [1.82, 2.24) is 0 Å². The van der Waals surface area contributed by atoms with Crippen molar-refractivity contribution in [1.29, 1.82) is 0 Å². The molecule has 0 heterocycles. The molecule has 0 bridgehead atoms. The predicted octanol–water partition coefficient (Wildman–Crippen LogP) is 2.77. The summed E-state index contributed by atoms with van der Waals surface area (Å²) in [5, 5.41) is 0. The molecule has 0 fully saturated rings. The van der Waals surface area contributed by atoms with Gasteiger partial charge in [0.1, 0.15) is 0 Å². The summed E-state index contributed by atoms with van der Waals surface area (Å²) >= 11 is 0. The maximum atomic E-state index is 11.6. The van der Waals surface area contributed by atoms with Crippen molar-refractivity contribution >= 4 is 17.3 Å². The highest BCUT2D eigenvalue weighted by atomic mass is 16.1. The Morgan fingerprint density at radius 3 is 2.58 bits per heavy atom. The van der Waals surface area contributed by atoms with E-state index in [1.807, 2.05) is 6.07 Å². The van der Waals surface area contributed by atoms with E-state index in [1.165, 1.54) is 0 Å². The molecule has 1 rings (SSSR count). The molecule has 1 amide bonds. The van der Waals surface area contributed by atoms with E-state index in [-0.39, 0.29) is 0 Å². The fraction of sp³-hybridized carbons (Fsp3) is 0.533. The summed E-state index contributed by atoms with van der Waals surface area (Å²) in [5.74, 6) is -0.403. The van der Waals surface area contributed by atoms with Gasteiger partial charge in [-0.05, 0) is 38.0 Å². The molecule has 0 aromatic heterocycles. The number of primary amides is 1. The molecule has 19 heavy (non-hydrogen) atoms. The third kappa shape index (κ3) is 3.88. The van der Waals surface area contributed by atoms with Crippen molar-refractivity contribution in [3.05, 3.63) is 23.8 Å². The van der Waals surface area contributed by atoms with Crippen LogP contribution in [-0.4, -0.2) is 18.5 Å². The molecule has 4 heteroatoms. The number of nitrogen functional groups attached to an aromatic ring is 1. The molecule has 106 valence electrons. The van der Waals surface area contributed by atoms with Gasteiger partial charge in [-0.1, -0.05) is 20.3 Å². The van der Waals surface area contributed by atoms with Crippen LogP contribution in [0.5, 0.6) is 0 Å². The Hall–Kier alpha value is -1.71. The molecule has 0 saturated heterocycles. The van der Waals surface area contributed by atoms with Crippen LogP contribution in [0.15, 0.2) is 18.2 Å². The molecule has 1 aromatic rings. The molecule has 1 unspecified atom stereocenters. The number of nitrogens with two attached hydrogens (primary N) is 2. The number of carbonyl (C=O) groups excluding carboxylic acids is 1. The number of benzene rings is 1. The van der Waals surface area contributed by atoms with E-state index < -0.39 is 5.91 Å². The lowest BCUT2D eigenvalue weighted by Gasteiger charge is -2.32. The third-order valence-corrected chi connectivity index (χ3v) is 3.47. The Labute approximate surface area is 115 Å². The van der Waals surface area contributed by atoms with Gasteiger partial charge < -0.3 is 16.4 Å². The second kappa shape index (κ2) is 7.02. The van der Waals surface area contributed by atoms with Crippen LogP contribution in [0, 0.1) is 0 Å². The van der Waals surface area contributed by atoms with Crippen molar-refractivity contribution in [3.8, 4) is 0 Å². The lowest BCUT2D eigenvalue weighted by Crippen LogP contribution is -2.35. The van der Waals surface area contributed by atoms with Gasteiger partial charge >= 0.3 is 0 Å². The van der Waals surface area contributed by atoms with Gasteiger partial charge in [0.05, 0.1) is 11.3 Å². The summed E-state index contributed by atoms with van der Waals surface area (Å²) in [5.41, 5.74) is 13.4. The Morgan fingerprint density at radius 1 is 1.37 bits per heavy atom. The highest BCUT2D eigenvalue weighted by Gasteiger charge is 2.18. The molecular weight excluding hydrogens is 238 g/mol. The lowest BCUT2D eigenvalue weighted by atomic mass is 10.1. The summed E-state index contributed by atoms with van der Waals surface area (Å²) in [6.45, 7) is 7.36. The first-order valence-corrected chi connectivity index (χ1v) is 6.97. The zero-order chi connectivity index (χ0) is 14.4. The normalized spacial score (nSPS) is 12.2. The standard InChI is InChI=1S/C15H25N3O/c1-4-6-9-18(11(3)5-2)14-10-12(16)7-8-13(14)15(17)19/h7-8,10-11H,4-6,9,16H2,1-3H3,(H2,17,19). The predicted molar refractivity (Wildman–Crippen MR) is 81.4 cm³/mol. The van der Waals surface area contributed by atoms with Crippen molar-refractivity contribution in [2.75, 3.05) is 17.2 Å². The van der Waals surface area contributed by atoms with E-state index in [0.29, 0.717) is 17.3 Å². The molecule has 0 spiro atoms. The fourth-order valence-electron chi connectivity index (χ4n) is 2.12. The van der Waals surface area contributed by atoms with Crippen LogP contribution in [0.1, 0.15) is 50.4 Å². The Morgan fingerprint density at radius 2 is 2.05 bits per heavy atom. The van der Waals surface area contributed by atoms with Crippen LogP contribution >= 0.6 is 0 Å². The smallest absolute Gasteiger partial charge is 0.250 e. The van der Waals surface area contributed by atoms with Crippen molar-refractivity contribution in [3.63, 3.8) is 0 Å². The van der Waals surface area contributed by atoms with Crippen LogP contribution in [0.2, 0.25) is 0 Å². The SMILES string of the molecule is CCCCN(c1cc(N)ccc1C(N)=O)C(C)CC. The van der Waals surface area contributed by atoms with E-state index in [1.54, 1.807) is 12.1 Å². The second-order valence-corrected chi connectivity index (χ2v) is 4.95. The topological polar surface area (TPSA) is 72.3 Å². The zero-order valence-corrected chi connectivity index (χ0v) is 12.1. The number of hydrogen-bond acceptors (Lipinski definition) is 3. The van der Waals surface area contributed by atoms with E-state index >= 15 is 0 Å². The minimum absolute atomic E-state index is 0.353. The molecule has 4 N–H and O–H groups in total. The average molecular weight is 263 g/mol. The van der Waals surface area contributed by atoms with Crippen molar-refractivity contribution in [2.24, 2.45) is 5.73 Å². The van der Waals surface area contributed by atoms with Crippen LogP contribution in [0.3, 0.4) is 0 Å². The van der Waals surface area contributed by atoms with Gasteiger partial charge in [-0.2, -0.15) is 0 Å². The van der Waals surface area contributed by atoms with Gasteiger partial charge in [0, 0.05) is 18.3 Å². The van der Waals surface area contributed by atoms with Gasteiger partial charge in [-0.15, -0.1) is 0 Å². The molecule has 4 nitrogen and oxygen atoms in total. The number of unbranched alkanes of at least 4 members (excludes halogenated alkanes) is 1. The van der Waals surface area contributed by atoms with Crippen molar-refractivity contribution in [2.45, 2.75) is 46.1 Å². The molecule has 0 aliphatic heterocycles. The second-order valence-electron chi connectivity index (χ2n) is 4.95. The molecule has 0 aliphatic rings. The Kier molecular flexibility index (Phi) is 5.67. The van der Waals surface area contributed by atoms with Crippen molar-refractivity contribution < 1.29 is 4.79 Å². The zero-order valence-electron chi connectivity index (χ0n) is 12.1. The van der Waals surface area contributed by atoms with Crippen LogP contribution in [0.25, 0.3) is 0 Å². The highest BCUT2D eigenvalue weighted by Crippen LogP contribution is 2.26. The third-order valence-electron chi connectivity index (χ3n) is 3.47. The first-order chi connectivity index (χ1) is 9.01. The molecular formula is C15H25N3O. The van der Waals surface area contributed by atoms with E-state index in [9.17, 15) is 4.79 Å². The summed E-state index contributed by atoms with van der Waals surface area (Å²) in [6, 6.07) is 5.64. The van der Waals surface area contributed by atoms with E-state index in [4.69, 9.17) is 11.5 Å². The van der Waals surface area contributed by atoms with Gasteiger partial charge in [0.2, 0.25) is 0 Å². The quantitative estimate of drug-likeness (QED) is 0.743. The van der Waals surface area contributed by atoms with Crippen LogP contribution in [-0.2, 0) is 0 Å². The monoisotopic (exact) mass is 263 g/mol. The Balaban J connectivity index is 3.19. The summed E-state index contributed by atoms with van der Waals surface area (Å²) in [4.78, 5) is 13.8. The maximum absolute atomic E-state index is 11.6.